The first-order valence-corrected chi connectivity index (χ1v) is 7.79. The van der Waals surface area contributed by atoms with Crippen LogP contribution in [0.15, 0.2) is 22.7 Å². The molecule has 2 aliphatic rings. The topological polar surface area (TPSA) is 38.8 Å². The summed E-state index contributed by atoms with van der Waals surface area (Å²) >= 11 is 3.53. The van der Waals surface area contributed by atoms with Crippen molar-refractivity contribution in [3.8, 4) is 0 Å². The molecule has 1 aromatic rings. The smallest absolute Gasteiger partial charge is 0.311 e. The molecule has 2 atom stereocenters. The second-order valence-corrected chi connectivity index (χ2v) is 6.09. The number of morpholine rings is 1. The predicted octanol–water partition coefficient (Wildman–Crippen LogP) is 2.39. The number of carbonyl (C=O) groups excluding carboxylic acids is 1. The average Bonchev–Trinajstić information content (AvgIpc) is 2.47. The Hall–Kier alpha value is -1.07. The fraction of sp³-hybridized carbons (Fsp3) is 0.533. The average molecular weight is 340 g/mol. The van der Waals surface area contributed by atoms with E-state index in [1.807, 2.05) is 13.0 Å². The van der Waals surface area contributed by atoms with E-state index in [4.69, 9.17) is 9.47 Å². The first-order valence-electron chi connectivity index (χ1n) is 7.00. The molecular weight excluding hydrogens is 322 g/mol. The summed E-state index contributed by atoms with van der Waals surface area (Å²) in [7, 11) is 0. The molecular formula is C15H18BrNO3. The van der Waals surface area contributed by atoms with Gasteiger partial charge in [0.15, 0.2) is 0 Å². The van der Waals surface area contributed by atoms with Gasteiger partial charge in [0, 0.05) is 16.7 Å². The second kappa shape index (κ2) is 5.74. The van der Waals surface area contributed by atoms with Gasteiger partial charge in [-0.1, -0.05) is 22.0 Å². The molecule has 108 valence electrons. The van der Waals surface area contributed by atoms with Crippen molar-refractivity contribution in [3.63, 3.8) is 0 Å². The maximum atomic E-state index is 12.2. The summed E-state index contributed by atoms with van der Waals surface area (Å²) in [6.45, 7) is 4.40. The number of anilines is 1. The Bertz CT molecular complexity index is 520. The molecule has 0 spiro atoms. The summed E-state index contributed by atoms with van der Waals surface area (Å²) < 4.78 is 11.9. The van der Waals surface area contributed by atoms with Crippen LogP contribution in [-0.2, 0) is 20.7 Å². The zero-order valence-electron chi connectivity index (χ0n) is 11.5. The Labute approximate surface area is 127 Å². The van der Waals surface area contributed by atoms with Gasteiger partial charge in [-0.15, -0.1) is 0 Å². The van der Waals surface area contributed by atoms with E-state index in [-0.39, 0.29) is 17.9 Å². The normalized spacial score (nSPS) is 24.8. The molecule has 0 aromatic heterocycles. The first-order chi connectivity index (χ1) is 9.70. The highest BCUT2D eigenvalue weighted by atomic mass is 79.9. The van der Waals surface area contributed by atoms with E-state index in [0.717, 1.165) is 17.4 Å². The highest BCUT2D eigenvalue weighted by Gasteiger charge is 2.40. The van der Waals surface area contributed by atoms with Crippen LogP contribution in [0.5, 0.6) is 0 Å². The van der Waals surface area contributed by atoms with Crippen molar-refractivity contribution in [2.45, 2.75) is 19.4 Å². The van der Waals surface area contributed by atoms with Crippen molar-refractivity contribution in [1.82, 2.24) is 0 Å². The number of ether oxygens (including phenoxy) is 2. The van der Waals surface area contributed by atoms with Crippen molar-refractivity contribution in [2.24, 2.45) is 5.92 Å². The Balaban J connectivity index is 1.96. The number of benzene rings is 1. The van der Waals surface area contributed by atoms with Gasteiger partial charge in [-0.3, -0.25) is 4.79 Å². The lowest BCUT2D eigenvalue weighted by molar-refractivity contribution is -0.150. The molecule has 0 bridgehead atoms. The Morgan fingerprint density at radius 1 is 1.55 bits per heavy atom. The summed E-state index contributed by atoms with van der Waals surface area (Å²) in [6, 6.07) is 6.35. The highest BCUT2D eigenvalue weighted by Crippen LogP contribution is 2.37. The molecule has 2 unspecified atom stereocenters. The lowest BCUT2D eigenvalue weighted by Gasteiger charge is -2.45. The van der Waals surface area contributed by atoms with E-state index >= 15 is 0 Å². The largest absolute Gasteiger partial charge is 0.466 e. The number of rotatable bonds is 2. The molecule has 4 nitrogen and oxygen atoms in total. The lowest BCUT2D eigenvalue weighted by atomic mass is 9.85. The van der Waals surface area contributed by atoms with Crippen LogP contribution < -0.4 is 4.90 Å². The zero-order chi connectivity index (χ0) is 14.1. The Morgan fingerprint density at radius 3 is 3.20 bits per heavy atom. The monoisotopic (exact) mass is 339 g/mol. The third-order valence-electron chi connectivity index (χ3n) is 4.02. The number of hydrogen-bond donors (Lipinski definition) is 0. The molecule has 0 aliphatic carbocycles. The van der Waals surface area contributed by atoms with Gasteiger partial charge in [0.25, 0.3) is 0 Å². The number of hydrogen-bond acceptors (Lipinski definition) is 4. The zero-order valence-corrected chi connectivity index (χ0v) is 13.1. The van der Waals surface area contributed by atoms with Crippen molar-refractivity contribution in [1.29, 1.82) is 0 Å². The van der Waals surface area contributed by atoms with Gasteiger partial charge < -0.3 is 14.4 Å². The molecule has 0 radical (unpaired) electrons. The van der Waals surface area contributed by atoms with E-state index in [0.29, 0.717) is 19.8 Å². The predicted molar refractivity (Wildman–Crippen MR) is 79.9 cm³/mol. The van der Waals surface area contributed by atoms with Gasteiger partial charge in [0.2, 0.25) is 0 Å². The molecule has 20 heavy (non-hydrogen) atoms. The molecule has 0 amide bonds. The minimum Gasteiger partial charge on any atom is -0.466 e. The van der Waals surface area contributed by atoms with E-state index in [1.165, 1.54) is 11.3 Å². The van der Waals surface area contributed by atoms with E-state index < -0.39 is 0 Å². The molecule has 1 aromatic carbocycles. The van der Waals surface area contributed by atoms with Crippen molar-refractivity contribution in [2.75, 3.05) is 31.3 Å². The van der Waals surface area contributed by atoms with Gasteiger partial charge in [-0.05, 0) is 31.0 Å². The molecule has 1 saturated heterocycles. The second-order valence-electron chi connectivity index (χ2n) is 5.17. The minimum absolute atomic E-state index is 0.0876. The Kier molecular flexibility index (Phi) is 3.98. The quantitative estimate of drug-likeness (QED) is 0.775. The Morgan fingerprint density at radius 2 is 2.40 bits per heavy atom. The summed E-state index contributed by atoms with van der Waals surface area (Å²) in [5.74, 6) is -0.245. The molecule has 3 rings (SSSR count). The van der Waals surface area contributed by atoms with Crippen LogP contribution in [0.2, 0.25) is 0 Å². The number of carbonyl (C=O) groups is 1. The standard InChI is InChI=1S/C15H18BrNO3/c1-2-20-15(18)12-7-10-3-4-11(16)8-13(10)17-5-6-19-9-14(12)17/h3-4,8,12,14H,2,5-7,9H2,1H3. The summed E-state index contributed by atoms with van der Waals surface area (Å²) in [5.41, 5.74) is 2.43. The van der Waals surface area contributed by atoms with Crippen LogP contribution in [0.4, 0.5) is 5.69 Å². The molecule has 1 fully saturated rings. The third kappa shape index (κ3) is 2.44. The maximum absolute atomic E-state index is 12.2. The molecule has 0 N–H and O–H groups in total. The number of esters is 1. The maximum Gasteiger partial charge on any atom is 0.311 e. The van der Waals surface area contributed by atoms with Crippen LogP contribution in [0.25, 0.3) is 0 Å². The molecule has 2 aliphatic heterocycles. The van der Waals surface area contributed by atoms with Gasteiger partial charge >= 0.3 is 5.97 Å². The fourth-order valence-corrected chi connectivity index (χ4v) is 3.44. The van der Waals surface area contributed by atoms with E-state index in [1.54, 1.807) is 0 Å². The molecule has 0 saturated carbocycles. The summed E-state index contributed by atoms with van der Waals surface area (Å²) in [4.78, 5) is 14.5. The third-order valence-corrected chi connectivity index (χ3v) is 4.51. The van der Waals surface area contributed by atoms with Crippen molar-refractivity contribution < 1.29 is 14.3 Å². The number of halogens is 1. The van der Waals surface area contributed by atoms with E-state index in [2.05, 4.69) is 33.0 Å². The number of fused-ring (bicyclic) bond motifs is 3. The van der Waals surface area contributed by atoms with Crippen molar-refractivity contribution in [3.05, 3.63) is 28.2 Å². The van der Waals surface area contributed by atoms with Crippen LogP contribution in [0, 0.1) is 5.92 Å². The van der Waals surface area contributed by atoms with Gasteiger partial charge in [0.1, 0.15) is 0 Å². The highest BCUT2D eigenvalue weighted by molar-refractivity contribution is 9.10. The summed E-state index contributed by atoms with van der Waals surface area (Å²) in [6.07, 6.45) is 0.728. The van der Waals surface area contributed by atoms with Crippen LogP contribution >= 0.6 is 15.9 Å². The number of nitrogens with zero attached hydrogens (tertiary/aromatic N) is 1. The lowest BCUT2D eigenvalue weighted by Crippen LogP contribution is -2.55. The van der Waals surface area contributed by atoms with Crippen LogP contribution in [-0.4, -0.2) is 38.4 Å². The SMILES string of the molecule is CCOC(=O)C1Cc2ccc(Br)cc2N2CCOCC12. The van der Waals surface area contributed by atoms with Gasteiger partial charge in [0.05, 0.1) is 31.8 Å². The van der Waals surface area contributed by atoms with Crippen LogP contribution in [0.1, 0.15) is 12.5 Å². The van der Waals surface area contributed by atoms with E-state index in [9.17, 15) is 4.79 Å². The summed E-state index contributed by atoms with van der Waals surface area (Å²) in [5, 5.41) is 0. The van der Waals surface area contributed by atoms with Gasteiger partial charge in [-0.25, -0.2) is 0 Å². The fourth-order valence-electron chi connectivity index (χ4n) is 3.09. The molecule has 2 heterocycles. The molecule has 5 heteroatoms. The first kappa shape index (κ1) is 13.9. The minimum atomic E-state index is -0.135. The van der Waals surface area contributed by atoms with Gasteiger partial charge in [-0.2, -0.15) is 0 Å². The van der Waals surface area contributed by atoms with Crippen LogP contribution in [0.3, 0.4) is 0 Å². The van der Waals surface area contributed by atoms with Crippen molar-refractivity contribution >= 4 is 27.6 Å².